The first-order chi connectivity index (χ1) is 14.0. The van der Waals surface area contributed by atoms with Crippen LogP contribution in [-0.2, 0) is 11.3 Å². The number of carbonyl (C=O) groups is 2. The van der Waals surface area contributed by atoms with Crippen molar-refractivity contribution in [3.63, 3.8) is 0 Å². The van der Waals surface area contributed by atoms with E-state index in [-0.39, 0.29) is 24.0 Å². The molecule has 0 aliphatic carbocycles. The number of aromatic nitrogens is 3. The number of amides is 2. The zero-order chi connectivity index (χ0) is 20.8. The Balaban J connectivity index is 1.63. The number of anilines is 3. The van der Waals surface area contributed by atoms with Crippen LogP contribution in [0.4, 0.5) is 17.2 Å². The second kappa shape index (κ2) is 8.87. The number of nitrogens with zero attached hydrogens (tertiary/aromatic N) is 3. The number of benzene rings is 2. The molecule has 0 spiro atoms. The van der Waals surface area contributed by atoms with E-state index in [2.05, 4.69) is 20.9 Å². The van der Waals surface area contributed by atoms with Crippen LogP contribution in [0.1, 0.15) is 23.0 Å². The van der Waals surface area contributed by atoms with Gasteiger partial charge in [0, 0.05) is 11.4 Å². The summed E-state index contributed by atoms with van der Waals surface area (Å²) in [5, 5.41) is 13.1. The molecule has 0 fully saturated rings. The lowest BCUT2D eigenvalue weighted by Gasteiger charge is -2.08. The third-order valence-electron chi connectivity index (χ3n) is 4.12. The number of rotatable bonds is 7. The van der Waals surface area contributed by atoms with Crippen LogP contribution in [0.25, 0.3) is 0 Å². The van der Waals surface area contributed by atoms with Gasteiger partial charge in [-0.3, -0.25) is 9.59 Å². The summed E-state index contributed by atoms with van der Waals surface area (Å²) in [7, 11) is 0. The van der Waals surface area contributed by atoms with Gasteiger partial charge in [0.05, 0.1) is 6.61 Å². The Hall–Kier alpha value is -3.88. The first-order valence-electron chi connectivity index (χ1n) is 9.06. The van der Waals surface area contributed by atoms with Gasteiger partial charge in [0.25, 0.3) is 5.91 Å². The first kappa shape index (κ1) is 19.9. The molecule has 2 aromatic carbocycles. The summed E-state index contributed by atoms with van der Waals surface area (Å²) in [5.74, 6) is -0.111. The third-order valence-corrected chi connectivity index (χ3v) is 4.12. The Morgan fingerprint density at radius 1 is 1.10 bits per heavy atom. The number of aryl methyl sites for hydroxylation is 1. The Labute approximate surface area is 167 Å². The molecule has 4 N–H and O–H groups in total. The fourth-order valence-electron chi connectivity index (χ4n) is 2.63. The van der Waals surface area contributed by atoms with Crippen LogP contribution in [0.3, 0.4) is 0 Å². The van der Waals surface area contributed by atoms with Crippen molar-refractivity contribution < 1.29 is 14.3 Å². The average Bonchev–Trinajstić information content (AvgIpc) is 3.06. The molecular formula is C20H22N6O3. The van der Waals surface area contributed by atoms with Crippen molar-refractivity contribution in [2.75, 3.05) is 23.0 Å². The van der Waals surface area contributed by atoms with Gasteiger partial charge in [0.1, 0.15) is 12.3 Å². The Kier molecular flexibility index (Phi) is 6.08. The molecule has 9 heteroatoms. The molecule has 0 unspecified atom stereocenters. The highest BCUT2D eigenvalue weighted by Gasteiger charge is 2.19. The lowest BCUT2D eigenvalue weighted by Crippen LogP contribution is -2.21. The molecule has 0 saturated heterocycles. The van der Waals surface area contributed by atoms with Gasteiger partial charge >= 0.3 is 0 Å². The number of nitrogen functional groups attached to an aromatic ring is 1. The largest absolute Gasteiger partial charge is 0.494 e. The minimum absolute atomic E-state index is 0.0120. The van der Waals surface area contributed by atoms with Crippen LogP contribution >= 0.6 is 0 Å². The van der Waals surface area contributed by atoms with Crippen molar-refractivity contribution in [1.82, 2.24) is 15.0 Å². The first-order valence-corrected chi connectivity index (χ1v) is 9.06. The predicted octanol–water partition coefficient (Wildman–Crippen LogP) is 2.46. The summed E-state index contributed by atoms with van der Waals surface area (Å²) in [6.45, 7) is 4.16. The van der Waals surface area contributed by atoms with Gasteiger partial charge in [-0.25, -0.2) is 4.68 Å². The van der Waals surface area contributed by atoms with E-state index < -0.39 is 5.91 Å². The van der Waals surface area contributed by atoms with Crippen molar-refractivity contribution in [2.24, 2.45) is 0 Å². The molecule has 2 amide bonds. The molecule has 0 radical (unpaired) electrons. The third kappa shape index (κ3) is 4.89. The highest BCUT2D eigenvalue weighted by atomic mass is 16.5. The van der Waals surface area contributed by atoms with Crippen molar-refractivity contribution in [3.05, 3.63) is 59.8 Å². The Morgan fingerprint density at radius 2 is 1.83 bits per heavy atom. The lowest BCUT2D eigenvalue weighted by molar-refractivity contribution is -0.116. The fraction of sp³-hybridized carbons (Fsp3) is 0.200. The van der Waals surface area contributed by atoms with E-state index in [9.17, 15) is 9.59 Å². The summed E-state index contributed by atoms with van der Waals surface area (Å²) in [6, 6.07) is 14.3. The molecule has 9 nitrogen and oxygen atoms in total. The number of nitrogens with two attached hydrogens (primary N) is 1. The summed E-state index contributed by atoms with van der Waals surface area (Å²) >= 11 is 0. The molecular weight excluding hydrogens is 372 g/mol. The molecule has 3 rings (SSSR count). The topological polar surface area (TPSA) is 124 Å². The maximum Gasteiger partial charge on any atom is 0.280 e. The van der Waals surface area contributed by atoms with Crippen LogP contribution in [0.15, 0.2) is 48.5 Å². The van der Waals surface area contributed by atoms with E-state index in [0.717, 1.165) is 11.3 Å². The smallest absolute Gasteiger partial charge is 0.280 e. The molecule has 1 heterocycles. The number of ether oxygens (including phenoxy) is 1. The zero-order valence-corrected chi connectivity index (χ0v) is 16.2. The van der Waals surface area contributed by atoms with Crippen LogP contribution in [-0.4, -0.2) is 33.4 Å². The van der Waals surface area contributed by atoms with Gasteiger partial charge in [0.15, 0.2) is 11.5 Å². The predicted molar refractivity (Wildman–Crippen MR) is 110 cm³/mol. The quantitative estimate of drug-likeness (QED) is 0.565. The van der Waals surface area contributed by atoms with Crippen LogP contribution in [0.5, 0.6) is 5.75 Å². The monoisotopic (exact) mass is 394 g/mol. The Bertz CT molecular complexity index is 1010. The van der Waals surface area contributed by atoms with Crippen molar-refractivity contribution in [3.8, 4) is 5.75 Å². The second-order valence-electron chi connectivity index (χ2n) is 6.26. The van der Waals surface area contributed by atoms with Crippen LogP contribution in [0.2, 0.25) is 0 Å². The van der Waals surface area contributed by atoms with Gasteiger partial charge in [-0.1, -0.05) is 23.4 Å². The summed E-state index contributed by atoms with van der Waals surface area (Å²) < 4.78 is 6.54. The number of nitrogens with one attached hydrogen (secondary N) is 2. The molecule has 0 aliphatic heterocycles. The van der Waals surface area contributed by atoms with Gasteiger partial charge in [-0.2, -0.15) is 0 Å². The fourth-order valence-corrected chi connectivity index (χ4v) is 2.63. The molecule has 29 heavy (non-hydrogen) atoms. The number of hydrogen-bond acceptors (Lipinski definition) is 6. The normalized spacial score (nSPS) is 10.4. The molecule has 0 saturated carbocycles. The average molecular weight is 394 g/mol. The highest BCUT2D eigenvalue weighted by molar-refractivity contribution is 6.06. The minimum atomic E-state index is -0.491. The summed E-state index contributed by atoms with van der Waals surface area (Å²) in [6.07, 6.45) is 0. The zero-order valence-electron chi connectivity index (χ0n) is 16.2. The van der Waals surface area contributed by atoms with Crippen molar-refractivity contribution >= 4 is 29.0 Å². The summed E-state index contributed by atoms with van der Waals surface area (Å²) in [4.78, 5) is 24.7. The molecule has 0 aliphatic rings. The van der Waals surface area contributed by atoms with Gasteiger partial charge < -0.3 is 21.1 Å². The molecule has 0 atom stereocenters. The number of para-hydroxylation sites is 1. The SMILES string of the molecule is CCOc1ccc(NC(=O)Cn2nnc(C(=O)Nc3ccccc3C)c2N)cc1. The molecule has 0 bridgehead atoms. The Morgan fingerprint density at radius 3 is 2.52 bits per heavy atom. The van der Waals surface area contributed by atoms with Gasteiger partial charge in [0.2, 0.25) is 5.91 Å². The lowest BCUT2D eigenvalue weighted by atomic mass is 10.2. The van der Waals surface area contributed by atoms with Gasteiger partial charge in [-0.05, 0) is 49.7 Å². The maximum absolute atomic E-state index is 12.4. The van der Waals surface area contributed by atoms with E-state index >= 15 is 0 Å². The molecule has 1 aromatic heterocycles. The van der Waals surface area contributed by atoms with Crippen molar-refractivity contribution in [1.29, 1.82) is 0 Å². The second-order valence-corrected chi connectivity index (χ2v) is 6.26. The maximum atomic E-state index is 12.4. The molecule has 3 aromatic rings. The highest BCUT2D eigenvalue weighted by Crippen LogP contribution is 2.17. The summed E-state index contributed by atoms with van der Waals surface area (Å²) in [5.41, 5.74) is 8.09. The van der Waals surface area contributed by atoms with Crippen LogP contribution in [0, 0.1) is 6.92 Å². The van der Waals surface area contributed by atoms with E-state index in [4.69, 9.17) is 10.5 Å². The molecule has 150 valence electrons. The van der Waals surface area contributed by atoms with Gasteiger partial charge in [-0.15, -0.1) is 5.10 Å². The van der Waals surface area contributed by atoms with E-state index in [1.807, 2.05) is 32.0 Å². The number of carbonyl (C=O) groups excluding carboxylic acids is 2. The van der Waals surface area contributed by atoms with Crippen LogP contribution < -0.4 is 21.1 Å². The number of hydrogen-bond donors (Lipinski definition) is 3. The van der Waals surface area contributed by atoms with E-state index in [1.165, 1.54) is 4.68 Å². The van der Waals surface area contributed by atoms with E-state index in [0.29, 0.717) is 18.0 Å². The van der Waals surface area contributed by atoms with E-state index in [1.54, 1.807) is 30.3 Å². The standard InChI is InChI=1S/C20H22N6O3/c1-3-29-15-10-8-14(9-11-15)22-17(27)12-26-19(21)18(24-25-26)20(28)23-16-7-5-4-6-13(16)2/h4-11H,3,12,21H2,1-2H3,(H,22,27)(H,23,28). The minimum Gasteiger partial charge on any atom is -0.494 e. The van der Waals surface area contributed by atoms with Crippen molar-refractivity contribution in [2.45, 2.75) is 20.4 Å².